The van der Waals surface area contributed by atoms with Gasteiger partial charge < -0.3 is 10.5 Å². The van der Waals surface area contributed by atoms with Crippen LogP contribution in [0.15, 0.2) is 54.4 Å². The fourth-order valence-corrected chi connectivity index (χ4v) is 5.09. The lowest BCUT2D eigenvalue weighted by Gasteiger charge is -2.11. The van der Waals surface area contributed by atoms with Gasteiger partial charge >= 0.3 is 0 Å². The predicted octanol–water partition coefficient (Wildman–Crippen LogP) is 4.73. The zero-order chi connectivity index (χ0) is 28.1. The second-order valence-corrected chi connectivity index (χ2v) is 11.4. The van der Waals surface area contributed by atoms with Gasteiger partial charge in [0.15, 0.2) is 27.2 Å². The standard InChI is InChI=1S/C27H21F3N4O4S/c1-14-6-19(11-32-27(14)38-23-5-3-4-21(28)24(23)30)34-26(31)20(12-33-34)25(35)17-7-15-9-18(13-39(2,36)37)22(29)10-16(15)8-17/h3-6,8-12H,7,13,31H2,1-2H3. The number of carbonyl (C=O) groups excluding carboxylic acids is 1. The molecule has 2 aromatic carbocycles. The summed E-state index contributed by atoms with van der Waals surface area (Å²) in [7, 11) is -3.44. The normalized spacial score (nSPS) is 12.8. The molecule has 0 fully saturated rings. The fourth-order valence-electron chi connectivity index (χ4n) is 4.30. The molecule has 2 heterocycles. The van der Waals surface area contributed by atoms with E-state index in [0.29, 0.717) is 28.0 Å². The highest BCUT2D eigenvalue weighted by Gasteiger charge is 2.26. The molecule has 0 amide bonds. The van der Waals surface area contributed by atoms with E-state index in [4.69, 9.17) is 10.5 Å². The zero-order valence-electron chi connectivity index (χ0n) is 20.7. The average molecular weight is 555 g/mol. The third-order valence-corrected chi connectivity index (χ3v) is 7.00. The molecule has 12 heteroatoms. The van der Waals surface area contributed by atoms with E-state index in [0.717, 1.165) is 12.3 Å². The Balaban J connectivity index is 1.37. The lowest BCUT2D eigenvalue weighted by molar-refractivity contribution is 0.103. The topological polar surface area (TPSA) is 117 Å². The number of nitrogens with zero attached hydrogens (tertiary/aromatic N) is 3. The quantitative estimate of drug-likeness (QED) is 0.328. The molecule has 1 aliphatic carbocycles. The molecule has 39 heavy (non-hydrogen) atoms. The van der Waals surface area contributed by atoms with E-state index in [-0.39, 0.29) is 35.0 Å². The summed E-state index contributed by atoms with van der Waals surface area (Å²) >= 11 is 0. The lowest BCUT2D eigenvalue weighted by atomic mass is 10.0. The minimum absolute atomic E-state index is 0.0341. The van der Waals surface area contributed by atoms with Crippen LogP contribution in [0.4, 0.5) is 19.0 Å². The number of rotatable bonds is 7. The Labute approximate surface area is 221 Å². The Bertz CT molecular complexity index is 1800. The van der Waals surface area contributed by atoms with E-state index in [1.165, 1.54) is 41.3 Å². The molecule has 0 radical (unpaired) electrons. The van der Waals surface area contributed by atoms with Crippen molar-refractivity contribution in [2.45, 2.75) is 19.1 Å². The third-order valence-electron chi connectivity index (χ3n) is 6.16. The number of ketones is 1. The number of pyridine rings is 1. The van der Waals surface area contributed by atoms with Gasteiger partial charge in [-0.1, -0.05) is 12.1 Å². The number of nitrogen functional groups attached to an aromatic ring is 1. The Morgan fingerprint density at radius 2 is 1.90 bits per heavy atom. The van der Waals surface area contributed by atoms with Crippen molar-refractivity contribution in [2.75, 3.05) is 12.0 Å². The highest BCUT2D eigenvalue weighted by molar-refractivity contribution is 7.89. The van der Waals surface area contributed by atoms with Crippen LogP contribution in [0.5, 0.6) is 11.6 Å². The first-order chi connectivity index (χ1) is 18.4. The first-order valence-corrected chi connectivity index (χ1v) is 13.6. The van der Waals surface area contributed by atoms with Gasteiger partial charge in [0.25, 0.3) is 0 Å². The number of aromatic nitrogens is 3. The maximum Gasteiger partial charge on any atom is 0.222 e. The smallest absolute Gasteiger partial charge is 0.222 e. The number of carbonyl (C=O) groups is 1. The van der Waals surface area contributed by atoms with Crippen molar-refractivity contribution < 1.29 is 31.1 Å². The molecule has 0 spiro atoms. The summed E-state index contributed by atoms with van der Waals surface area (Å²) in [6, 6.07) is 7.84. The van der Waals surface area contributed by atoms with Gasteiger partial charge in [-0.05, 0) is 48.4 Å². The molecule has 1 aliphatic rings. The third kappa shape index (κ3) is 5.15. The molecular formula is C27H21F3N4O4S. The number of allylic oxidation sites excluding steroid dienone is 1. The van der Waals surface area contributed by atoms with Gasteiger partial charge in [0, 0.05) is 29.4 Å². The number of anilines is 1. The van der Waals surface area contributed by atoms with Gasteiger partial charge in [0.2, 0.25) is 11.7 Å². The van der Waals surface area contributed by atoms with Crippen molar-refractivity contribution in [3.8, 4) is 17.3 Å². The first kappa shape index (κ1) is 26.2. The minimum atomic E-state index is -3.44. The van der Waals surface area contributed by atoms with Crippen molar-refractivity contribution in [2.24, 2.45) is 0 Å². The molecule has 4 aromatic rings. The average Bonchev–Trinajstić information content (AvgIpc) is 3.45. The summed E-state index contributed by atoms with van der Waals surface area (Å²) in [5.74, 6) is -3.95. The van der Waals surface area contributed by atoms with Crippen LogP contribution in [0.25, 0.3) is 11.8 Å². The van der Waals surface area contributed by atoms with Crippen LogP contribution in [0.2, 0.25) is 0 Å². The van der Waals surface area contributed by atoms with E-state index < -0.39 is 38.8 Å². The number of fused-ring (bicyclic) bond motifs is 1. The van der Waals surface area contributed by atoms with Crippen molar-refractivity contribution in [1.29, 1.82) is 0 Å². The Kier molecular flexibility index (Phi) is 6.51. The number of benzene rings is 2. The summed E-state index contributed by atoms with van der Waals surface area (Å²) in [6.07, 6.45) is 5.41. The second kappa shape index (κ2) is 9.70. The molecule has 8 nitrogen and oxygen atoms in total. The summed E-state index contributed by atoms with van der Waals surface area (Å²) in [4.78, 5) is 17.4. The molecule has 0 saturated heterocycles. The van der Waals surface area contributed by atoms with Crippen molar-refractivity contribution in [3.05, 3.63) is 99.6 Å². The minimum Gasteiger partial charge on any atom is -0.436 e. The van der Waals surface area contributed by atoms with E-state index >= 15 is 0 Å². The highest BCUT2D eigenvalue weighted by atomic mass is 32.2. The molecular weight excluding hydrogens is 533 g/mol. The summed E-state index contributed by atoms with van der Waals surface area (Å²) < 4.78 is 71.9. The monoisotopic (exact) mass is 554 g/mol. The second-order valence-electron chi connectivity index (χ2n) is 9.21. The predicted molar refractivity (Wildman–Crippen MR) is 138 cm³/mol. The van der Waals surface area contributed by atoms with Crippen molar-refractivity contribution in [1.82, 2.24) is 14.8 Å². The molecule has 0 aliphatic heterocycles. The van der Waals surface area contributed by atoms with Crippen molar-refractivity contribution >= 4 is 27.5 Å². The van der Waals surface area contributed by atoms with E-state index in [9.17, 15) is 26.4 Å². The molecule has 200 valence electrons. The van der Waals surface area contributed by atoms with Gasteiger partial charge in [0.1, 0.15) is 11.6 Å². The molecule has 2 N–H and O–H groups in total. The number of halogens is 3. The summed E-state index contributed by atoms with van der Waals surface area (Å²) in [5, 5.41) is 4.20. The summed E-state index contributed by atoms with van der Waals surface area (Å²) in [6.45, 7) is 1.65. The van der Waals surface area contributed by atoms with Gasteiger partial charge in [0.05, 0.1) is 29.4 Å². The molecule has 0 saturated carbocycles. The number of hydrogen-bond donors (Lipinski definition) is 1. The fraction of sp³-hybridized carbons (Fsp3) is 0.148. The Hall–Kier alpha value is -4.45. The van der Waals surface area contributed by atoms with Crippen LogP contribution in [-0.4, -0.2) is 35.2 Å². The number of aryl methyl sites for hydroxylation is 1. The number of ether oxygens (including phenoxy) is 1. The number of hydrogen-bond acceptors (Lipinski definition) is 7. The molecule has 5 rings (SSSR count). The van der Waals surface area contributed by atoms with E-state index in [1.54, 1.807) is 19.1 Å². The van der Waals surface area contributed by atoms with E-state index in [2.05, 4.69) is 10.1 Å². The van der Waals surface area contributed by atoms with Gasteiger partial charge in [-0.2, -0.15) is 9.49 Å². The van der Waals surface area contributed by atoms with Gasteiger partial charge in [-0.25, -0.2) is 26.9 Å². The maximum absolute atomic E-state index is 14.4. The SMILES string of the molecule is Cc1cc(-n2ncc(C(=O)C3=Cc4cc(F)c(CS(C)(=O)=O)cc4C3)c2N)cnc1Oc1cccc(F)c1F. The van der Waals surface area contributed by atoms with Crippen LogP contribution < -0.4 is 10.5 Å². The largest absolute Gasteiger partial charge is 0.436 e. The van der Waals surface area contributed by atoms with Crippen LogP contribution in [0, 0.1) is 24.4 Å². The molecule has 0 bridgehead atoms. The Morgan fingerprint density at radius 1 is 1.13 bits per heavy atom. The zero-order valence-corrected chi connectivity index (χ0v) is 21.5. The number of sulfone groups is 1. The molecule has 0 unspecified atom stereocenters. The van der Waals surface area contributed by atoms with Crippen LogP contribution >= 0.6 is 0 Å². The summed E-state index contributed by atoms with van der Waals surface area (Å²) in [5.41, 5.74) is 8.75. The first-order valence-electron chi connectivity index (χ1n) is 11.6. The molecule has 2 aromatic heterocycles. The van der Waals surface area contributed by atoms with Crippen LogP contribution in [-0.2, 0) is 22.0 Å². The van der Waals surface area contributed by atoms with Crippen molar-refractivity contribution in [3.63, 3.8) is 0 Å². The highest BCUT2D eigenvalue weighted by Crippen LogP contribution is 2.32. The van der Waals surface area contributed by atoms with Gasteiger partial charge in [-0.15, -0.1) is 0 Å². The maximum atomic E-state index is 14.4. The van der Waals surface area contributed by atoms with Gasteiger partial charge in [-0.3, -0.25) is 4.79 Å². The number of Topliss-reactive ketones (excluding diaryl/α,β-unsaturated/α-hetero) is 1. The van der Waals surface area contributed by atoms with Crippen LogP contribution in [0.3, 0.4) is 0 Å². The lowest BCUT2D eigenvalue weighted by Crippen LogP contribution is -2.09. The van der Waals surface area contributed by atoms with Crippen LogP contribution in [0.1, 0.15) is 32.6 Å². The Morgan fingerprint density at radius 3 is 2.62 bits per heavy atom. The molecule has 0 atom stereocenters. The number of nitrogens with two attached hydrogens (primary N) is 1. The van der Waals surface area contributed by atoms with E-state index in [1.807, 2.05) is 0 Å².